The third-order valence-corrected chi connectivity index (χ3v) is 4.45. The van der Waals surface area contributed by atoms with Crippen LogP contribution in [0.4, 0.5) is 11.4 Å². The number of para-hydroxylation sites is 1. The highest BCUT2D eigenvalue weighted by atomic mass is 32.1. The molecule has 140 valence electrons. The summed E-state index contributed by atoms with van der Waals surface area (Å²) in [6.07, 6.45) is 0.860. The normalized spacial score (nSPS) is 10.3. The van der Waals surface area contributed by atoms with E-state index in [2.05, 4.69) is 59.7 Å². The zero-order valence-corrected chi connectivity index (χ0v) is 16.7. The van der Waals surface area contributed by atoms with Gasteiger partial charge in [-0.25, -0.2) is 0 Å². The van der Waals surface area contributed by atoms with Crippen molar-refractivity contribution in [1.82, 2.24) is 5.32 Å². The maximum Gasteiger partial charge on any atom is 0.170 e. The van der Waals surface area contributed by atoms with Gasteiger partial charge < -0.3 is 20.3 Å². The molecule has 0 aromatic heterocycles. The van der Waals surface area contributed by atoms with Crippen molar-refractivity contribution in [2.45, 2.75) is 27.2 Å². The Labute approximate surface area is 162 Å². The van der Waals surface area contributed by atoms with E-state index in [0.29, 0.717) is 11.7 Å². The van der Waals surface area contributed by atoms with E-state index in [9.17, 15) is 0 Å². The minimum Gasteiger partial charge on any atom is -0.494 e. The molecule has 0 amide bonds. The summed E-state index contributed by atoms with van der Waals surface area (Å²) < 4.78 is 5.66. The van der Waals surface area contributed by atoms with Gasteiger partial charge in [-0.1, -0.05) is 18.2 Å². The van der Waals surface area contributed by atoms with Gasteiger partial charge >= 0.3 is 0 Å². The molecule has 2 rings (SSSR count). The van der Waals surface area contributed by atoms with Gasteiger partial charge in [0.15, 0.2) is 5.11 Å². The van der Waals surface area contributed by atoms with Gasteiger partial charge in [-0.3, -0.25) is 0 Å². The molecule has 0 spiro atoms. The summed E-state index contributed by atoms with van der Waals surface area (Å²) in [5.41, 5.74) is 3.41. The second-order valence-electron chi connectivity index (χ2n) is 5.89. The van der Waals surface area contributed by atoms with Crippen molar-refractivity contribution in [3.05, 3.63) is 54.1 Å². The van der Waals surface area contributed by atoms with Crippen molar-refractivity contribution in [2.75, 3.05) is 36.5 Å². The van der Waals surface area contributed by atoms with E-state index in [4.69, 9.17) is 17.0 Å². The predicted octanol–water partition coefficient (Wildman–Crippen LogP) is 4.46. The first-order chi connectivity index (χ1) is 12.7. The lowest BCUT2D eigenvalue weighted by Gasteiger charge is -2.21. The number of hydrogen-bond donors (Lipinski definition) is 2. The van der Waals surface area contributed by atoms with E-state index >= 15 is 0 Å². The largest absolute Gasteiger partial charge is 0.494 e. The Kier molecular flexibility index (Phi) is 8.22. The summed E-state index contributed by atoms with van der Waals surface area (Å²) in [6.45, 7) is 9.77. The molecule has 0 radical (unpaired) electrons. The van der Waals surface area contributed by atoms with Gasteiger partial charge in [0.05, 0.1) is 6.61 Å². The molecular formula is C21H29N3OS. The summed E-state index contributed by atoms with van der Waals surface area (Å²) in [4.78, 5) is 2.32. The molecule has 26 heavy (non-hydrogen) atoms. The molecule has 0 aliphatic rings. The molecule has 0 aliphatic heterocycles. The smallest absolute Gasteiger partial charge is 0.170 e. The average Bonchev–Trinajstić information content (AvgIpc) is 2.66. The molecule has 2 aromatic carbocycles. The van der Waals surface area contributed by atoms with Gasteiger partial charge in [0.25, 0.3) is 0 Å². The topological polar surface area (TPSA) is 36.5 Å². The van der Waals surface area contributed by atoms with E-state index in [1.165, 1.54) is 11.3 Å². The third kappa shape index (κ3) is 5.92. The first-order valence-corrected chi connectivity index (χ1v) is 9.69. The third-order valence-electron chi connectivity index (χ3n) is 4.21. The van der Waals surface area contributed by atoms with Crippen molar-refractivity contribution in [3.8, 4) is 5.75 Å². The highest BCUT2D eigenvalue weighted by molar-refractivity contribution is 7.80. The van der Waals surface area contributed by atoms with Crippen LogP contribution in [0.15, 0.2) is 48.5 Å². The Hall–Kier alpha value is -2.27. The minimum atomic E-state index is 0.634. The Balaban J connectivity index is 1.82. The van der Waals surface area contributed by atoms with E-state index in [-0.39, 0.29) is 0 Å². The number of rotatable bonds is 9. The van der Waals surface area contributed by atoms with Crippen LogP contribution in [0, 0.1) is 0 Å². The highest BCUT2D eigenvalue weighted by Gasteiger charge is 2.04. The van der Waals surface area contributed by atoms with Crippen LogP contribution < -0.4 is 20.3 Å². The second-order valence-corrected chi connectivity index (χ2v) is 6.30. The van der Waals surface area contributed by atoms with Crippen LogP contribution in [0.2, 0.25) is 0 Å². The molecule has 0 atom stereocenters. The fourth-order valence-electron chi connectivity index (χ4n) is 2.84. The molecule has 0 heterocycles. The van der Waals surface area contributed by atoms with Crippen molar-refractivity contribution in [1.29, 1.82) is 0 Å². The molecular weight excluding hydrogens is 342 g/mol. The zero-order valence-electron chi connectivity index (χ0n) is 15.9. The zero-order chi connectivity index (χ0) is 18.8. The molecule has 5 heteroatoms. The Bertz CT molecular complexity index is 684. The Morgan fingerprint density at radius 2 is 1.69 bits per heavy atom. The average molecular weight is 372 g/mol. The summed E-state index contributed by atoms with van der Waals surface area (Å²) in [7, 11) is 0. The molecule has 2 aromatic rings. The Morgan fingerprint density at radius 3 is 2.35 bits per heavy atom. The number of nitrogens with one attached hydrogen (secondary N) is 2. The van der Waals surface area contributed by atoms with Gasteiger partial charge in [0, 0.05) is 31.0 Å². The van der Waals surface area contributed by atoms with Crippen molar-refractivity contribution >= 4 is 28.7 Å². The van der Waals surface area contributed by atoms with Crippen LogP contribution in [-0.4, -0.2) is 31.4 Å². The van der Waals surface area contributed by atoms with Gasteiger partial charge in [-0.15, -0.1) is 0 Å². The van der Waals surface area contributed by atoms with Gasteiger partial charge in [-0.2, -0.15) is 0 Å². The van der Waals surface area contributed by atoms with Crippen LogP contribution >= 0.6 is 12.2 Å². The molecule has 0 saturated heterocycles. The molecule has 0 saturated carbocycles. The maximum absolute atomic E-state index is 5.66. The molecule has 4 nitrogen and oxygen atoms in total. The second kappa shape index (κ2) is 10.7. The Morgan fingerprint density at radius 1 is 1.00 bits per heavy atom. The quantitative estimate of drug-likeness (QED) is 0.637. The van der Waals surface area contributed by atoms with Crippen LogP contribution in [0.5, 0.6) is 5.75 Å². The fraction of sp³-hybridized carbons (Fsp3) is 0.381. The number of thiocarbonyl (C=S) groups is 1. The van der Waals surface area contributed by atoms with Crippen molar-refractivity contribution in [2.24, 2.45) is 0 Å². The van der Waals surface area contributed by atoms with E-state index in [1.54, 1.807) is 0 Å². The van der Waals surface area contributed by atoms with Gasteiger partial charge in [-0.05, 0) is 75.3 Å². The maximum atomic E-state index is 5.66. The lowest BCUT2D eigenvalue weighted by molar-refractivity contribution is 0.336. The monoisotopic (exact) mass is 371 g/mol. The van der Waals surface area contributed by atoms with Crippen LogP contribution in [0.3, 0.4) is 0 Å². The number of anilines is 2. The number of hydrogen-bond acceptors (Lipinski definition) is 3. The number of benzene rings is 2. The predicted molar refractivity (Wildman–Crippen MR) is 116 cm³/mol. The lowest BCUT2D eigenvalue weighted by atomic mass is 10.1. The fourth-order valence-corrected chi connectivity index (χ4v) is 3.06. The van der Waals surface area contributed by atoms with Crippen molar-refractivity contribution < 1.29 is 4.74 Å². The molecule has 0 fully saturated rings. The molecule has 0 aliphatic carbocycles. The summed E-state index contributed by atoms with van der Waals surface area (Å²) in [5.74, 6) is 0.947. The summed E-state index contributed by atoms with van der Waals surface area (Å²) in [5, 5.41) is 7.14. The lowest BCUT2D eigenvalue weighted by Crippen LogP contribution is -2.30. The standard InChI is InChI=1S/C21H29N3OS/c1-4-24(5-2)19-13-11-18(12-14-19)23-21(26)22-16-15-17-9-7-8-10-20(17)25-6-3/h7-14H,4-6,15-16H2,1-3H3,(H2,22,23,26). The number of nitrogens with zero attached hydrogens (tertiary/aromatic N) is 1. The van der Waals surface area contributed by atoms with Gasteiger partial charge in [0.1, 0.15) is 5.75 Å². The minimum absolute atomic E-state index is 0.634. The molecule has 0 unspecified atom stereocenters. The van der Waals surface area contributed by atoms with E-state index in [0.717, 1.165) is 37.5 Å². The van der Waals surface area contributed by atoms with Crippen molar-refractivity contribution in [3.63, 3.8) is 0 Å². The van der Waals surface area contributed by atoms with Crippen LogP contribution in [0.25, 0.3) is 0 Å². The summed E-state index contributed by atoms with van der Waals surface area (Å²) >= 11 is 5.40. The first-order valence-electron chi connectivity index (χ1n) is 9.28. The highest BCUT2D eigenvalue weighted by Crippen LogP contribution is 2.19. The van der Waals surface area contributed by atoms with E-state index < -0.39 is 0 Å². The van der Waals surface area contributed by atoms with Crippen LogP contribution in [0.1, 0.15) is 26.3 Å². The number of ether oxygens (including phenoxy) is 1. The summed E-state index contributed by atoms with van der Waals surface area (Å²) in [6, 6.07) is 16.5. The SMILES string of the molecule is CCOc1ccccc1CCNC(=S)Nc1ccc(N(CC)CC)cc1. The van der Waals surface area contributed by atoms with Crippen LogP contribution in [-0.2, 0) is 6.42 Å². The van der Waals surface area contributed by atoms with E-state index in [1.807, 2.05) is 25.1 Å². The molecule has 2 N–H and O–H groups in total. The molecule has 0 bridgehead atoms. The first kappa shape index (κ1) is 20.0. The van der Waals surface area contributed by atoms with Gasteiger partial charge in [0.2, 0.25) is 0 Å².